The molecule has 0 radical (unpaired) electrons. The second-order valence-corrected chi connectivity index (χ2v) is 25.9. The first-order valence-corrected chi connectivity index (χ1v) is 28.8. The number of ether oxygens (including phenoxy) is 4. The maximum atomic E-state index is 16.8. The highest BCUT2D eigenvalue weighted by atomic mass is 28.3. The Morgan fingerprint density at radius 2 is 1.27 bits per heavy atom. The van der Waals surface area contributed by atoms with Crippen LogP contribution in [0.1, 0.15) is 87.4 Å². The van der Waals surface area contributed by atoms with Crippen LogP contribution in [0.2, 0.25) is 25.2 Å². The van der Waals surface area contributed by atoms with Crippen LogP contribution in [0, 0.1) is 17.5 Å². The fraction of sp³-hybridized carbons (Fsp3) is 0.538. The smallest absolute Gasteiger partial charge is 0.407 e. The van der Waals surface area contributed by atoms with Gasteiger partial charge in [0, 0.05) is 63.4 Å². The third kappa shape index (κ3) is 11.2. The second-order valence-electron chi connectivity index (χ2n) is 20.5. The Kier molecular flexibility index (Phi) is 16.5. The summed E-state index contributed by atoms with van der Waals surface area (Å²) in [5.41, 5.74) is 2.47. The molecule has 8 atom stereocenters. The van der Waals surface area contributed by atoms with E-state index in [0.717, 1.165) is 17.7 Å². The minimum atomic E-state index is -1.46. The molecular weight excluding hydrogens is 980 g/mol. The average molecular weight is 1050 g/mol. The first-order chi connectivity index (χ1) is 35.4. The first kappa shape index (κ1) is 53.9. The van der Waals surface area contributed by atoms with Crippen molar-refractivity contribution in [3.05, 3.63) is 82.9 Å². The highest BCUT2D eigenvalue weighted by Crippen LogP contribution is 2.49. The number of fused-ring (bicyclic) bond motifs is 1. The van der Waals surface area contributed by atoms with Gasteiger partial charge in [0.05, 0.1) is 63.7 Å². The Balaban J connectivity index is 1.08. The lowest BCUT2D eigenvalue weighted by Crippen LogP contribution is -2.56. The standard InChI is InChI=1S/C52H68F3N9O9Si/c1-29(70-3)44(59-51(68)72-5)49(66)62-19-9-11-42(62)47-57-38-27-34(35(53)28-39(38)58-47)41-18-17-40(64(41)33-25-36(54)46(37(55)26-33)61-21-23-74(7,8)24-22-61)31-13-15-32(16-14-31)56-48(65)43-12-10-20-63(43)50(67)45(30(2)71-4)60-52(69)73-6/h13-16,25-30,40-45H,9-12,17-24H2,1-8H3,(H,56,65)(H,57,58)(H,59,68)(H,60,69)/t29-,30-,40-,41-,42+,43+,44+,45+/m1/s1. The molecule has 5 heterocycles. The van der Waals surface area contributed by atoms with Crippen LogP contribution in [0.15, 0.2) is 48.5 Å². The number of aromatic nitrogens is 2. The molecule has 22 heteroatoms. The molecule has 0 saturated carbocycles. The Labute approximate surface area is 430 Å². The van der Waals surface area contributed by atoms with Gasteiger partial charge in [-0.3, -0.25) is 14.4 Å². The lowest BCUT2D eigenvalue weighted by atomic mass is 10.0. The van der Waals surface area contributed by atoms with Crippen molar-refractivity contribution in [2.24, 2.45) is 0 Å². The van der Waals surface area contributed by atoms with Gasteiger partial charge in [-0.25, -0.2) is 27.7 Å². The van der Waals surface area contributed by atoms with E-state index in [1.807, 2.05) is 17.0 Å². The van der Waals surface area contributed by atoms with E-state index in [-0.39, 0.29) is 22.8 Å². The molecule has 4 N–H and O–H groups in total. The molecule has 18 nitrogen and oxygen atoms in total. The minimum Gasteiger partial charge on any atom is -0.453 e. The van der Waals surface area contributed by atoms with E-state index in [4.69, 9.17) is 23.9 Å². The molecule has 8 rings (SSSR count). The molecular formula is C52H68F3N9O9Si. The Bertz CT molecular complexity index is 2700. The van der Waals surface area contributed by atoms with E-state index < -0.39 is 98.0 Å². The van der Waals surface area contributed by atoms with Crippen LogP contribution in [-0.4, -0.2) is 143 Å². The second kappa shape index (κ2) is 22.6. The van der Waals surface area contributed by atoms with Crippen LogP contribution in [0.5, 0.6) is 0 Å². The molecule has 3 aromatic carbocycles. The molecule has 4 aromatic rings. The Morgan fingerprint density at radius 3 is 1.86 bits per heavy atom. The average Bonchev–Trinajstić information content (AvgIpc) is 4.23. The van der Waals surface area contributed by atoms with Crippen molar-refractivity contribution in [1.29, 1.82) is 0 Å². The quantitative estimate of drug-likeness (QED) is 0.0848. The molecule has 400 valence electrons. The van der Waals surface area contributed by atoms with Gasteiger partial charge in [0.25, 0.3) is 0 Å². The van der Waals surface area contributed by atoms with Crippen LogP contribution in [-0.2, 0) is 33.3 Å². The van der Waals surface area contributed by atoms with Crippen molar-refractivity contribution >= 4 is 66.1 Å². The number of hydrogen-bond acceptors (Lipinski definition) is 12. The lowest BCUT2D eigenvalue weighted by Gasteiger charge is -2.38. The fourth-order valence-corrected chi connectivity index (χ4v) is 13.0. The number of hydrogen-bond donors (Lipinski definition) is 4. The number of aromatic amines is 1. The van der Waals surface area contributed by atoms with Gasteiger partial charge in [0.15, 0.2) is 11.6 Å². The number of methoxy groups -OCH3 is 4. The molecule has 1 aromatic heterocycles. The van der Waals surface area contributed by atoms with Crippen LogP contribution in [0.25, 0.3) is 11.0 Å². The molecule has 5 amide bonds. The summed E-state index contributed by atoms with van der Waals surface area (Å²) in [6.07, 6.45) is 0.0639. The molecule has 0 unspecified atom stereocenters. The molecule has 4 aliphatic heterocycles. The third-order valence-corrected chi connectivity index (χ3v) is 18.6. The van der Waals surface area contributed by atoms with E-state index in [1.165, 1.54) is 51.5 Å². The van der Waals surface area contributed by atoms with E-state index in [0.29, 0.717) is 87.2 Å². The number of nitrogens with one attached hydrogen (secondary N) is 4. The summed E-state index contributed by atoms with van der Waals surface area (Å²) in [5, 5.41) is 8.04. The summed E-state index contributed by atoms with van der Waals surface area (Å²) in [6.45, 7) is 9.67. The number of amides is 5. The number of imidazole rings is 1. The normalized spacial score (nSPS) is 22.3. The van der Waals surface area contributed by atoms with Gasteiger partial charge in [-0.1, -0.05) is 25.2 Å². The van der Waals surface area contributed by atoms with Gasteiger partial charge in [-0.2, -0.15) is 0 Å². The van der Waals surface area contributed by atoms with Crippen LogP contribution >= 0.6 is 0 Å². The van der Waals surface area contributed by atoms with Crippen molar-refractivity contribution in [2.75, 3.05) is 69.7 Å². The zero-order valence-electron chi connectivity index (χ0n) is 43.3. The monoisotopic (exact) mass is 1050 g/mol. The maximum absolute atomic E-state index is 16.8. The lowest BCUT2D eigenvalue weighted by molar-refractivity contribution is -0.141. The van der Waals surface area contributed by atoms with E-state index in [2.05, 4.69) is 34.0 Å². The van der Waals surface area contributed by atoms with Crippen molar-refractivity contribution in [3.63, 3.8) is 0 Å². The highest BCUT2D eigenvalue weighted by Gasteiger charge is 2.43. The molecule has 0 aliphatic carbocycles. The number of halogens is 3. The highest BCUT2D eigenvalue weighted by molar-refractivity contribution is 6.77. The summed E-state index contributed by atoms with van der Waals surface area (Å²) in [7, 11) is 3.79. The predicted molar refractivity (Wildman–Crippen MR) is 274 cm³/mol. The first-order valence-electron chi connectivity index (χ1n) is 25.3. The summed E-state index contributed by atoms with van der Waals surface area (Å²) in [4.78, 5) is 80.7. The molecule has 4 fully saturated rings. The third-order valence-electron chi connectivity index (χ3n) is 15.5. The number of carbonyl (C=O) groups is 5. The van der Waals surface area contributed by atoms with Crippen molar-refractivity contribution in [2.45, 2.75) is 126 Å². The van der Waals surface area contributed by atoms with Gasteiger partial charge in [-0.15, -0.1) is 0 Å². The number of benzene rings is 3. The number of H-pyrrole nitrogens is 1. The predicted octanol–water partition coefficient (Wildman–Crippen LogP) is 7.70. The molecule has 0 bridgehead atoms. The van der Waals surface area contributed by atoms with Crippen molar-refractivity contribution in [3.8, 4) is 0 Å². The van der Waals surface area contributed by atoms with E-state index in [1.54, 1.807) is 41.8 Å². The molecule has 0 spiro atoms. The molecule has 4 aliphatic rings. The number of likely N-dealkylation sites (tertiary alicyclic amines) is 2. The Morgan fingerprint density at radius 1 is 0.703 bits per heavy atom. The zero-order chi connectivity index (χ0) is 53.2. The zero-order valence-corrected chi connectivity index (χ0v) is 44.3. The number of rotatable bonds is 15. The van der Waals surface area contributed by atoms with Crippen LogP contribution in [0.4, 0.5) is 39.8 Å². The van der Waals surface area contributed by atoms with Gasteiger partial charge in [0.1, 0.15) is 35.5 Å². The van der Waals surface area contributed by atoms with Crippen molar-refractivity contribution in [1.82, 2.24) is 30.4 Å². The van der Waals surface area contributed by atoms with Gasteiger partial charge in [-0.05, 0) is 100 Å². The fourth-order valence-electron chi connectivity index (χ4n) is 11.0. The van der Waals surface area contributed by atoms with Crippen molar-refractivity contribution < 1.29 is 56.1 Å². The maximum Gasteiger partial charge on any atom is 0.407 e. The number of anilines is 3. The molecule has 4 saturated heterocycles. The Hall–Kier alpha value is -6.39. The minimum absolute atomic E-state index is 0.0715. The topological polar surface area (TPSA) is 200 Å². The summed E-state index contributed by atoms with van der Waals surface area (Å²) >= 11 is 0. The summed E-state index contributed by atoms with van der Waals surface area (Å²) < 4.78 is 70.2. The molecule has 74 heavy (non-hydrogen) atoms. The van der Waals surface area contributed by atoms with E-state index >= 15 is 13.2 Å². The number of alkyl carbamates (subject to hydrolysis) is 2. The van der Waals surface area contributed by atoms with Crippen LogP contribution < -0.4 is 25.8 Å². The van der Waals surface area contributed by atoms with Gasteiger partial charge < -0.3 is 59.5 Å². The number of nitrogens with zero attached hydrogens (tertiary/aromatic N) is 5. The van der Waals surface area contributed by atoms with Gasteiger partial charge in [0.2, 0.25) is 17.7 Å². The summed E-state index contributed by atoms with van der Waals surface area (Å²) in [5.74, 6) is -2.83. The van der Waals surface area contributed by atoms with E-state index in [9.17, 15) is 24.0 Å². The summed E-state index contributed by atoms with van der Waals surface area (Å²) in [6, 6.07) is 9.92. The largest absolute Gasteiger partial charge is 0.453 e. The SMILES string of the molecule is COC(=O)N[C@H](C(=O)N1CCC[C@H]1C(=O)Nc1ccc([C@H]2CC[C@H](c3cc4[nH]c([C@@H]5CCCN5C(=O)[C@@H](NC(=O)OC)[C@@H](C)OC)nc4cc3F)N2c2cc(F)c(N3CC[Si](C)(C)CC3)c(F)c2)cc1)[C@@H](C)OC. The van der Waals surface area contributed by atoms with Gasteiger partial charge >= 0.3 is 12.2 Å². The van der Waals surface area contributed by atoms with Crippen LogP contribution in [0.3, 0.4) is 0 Å². The number of carbonyl (C=O) groups excluding carboxylic acids is 5.